The number of aliphatic hydroxyl groups excluding tert-OH is 1. The van der Waals surface area contributed by atoms with Crippen LogP contribution in [0.1, 0.15) is 10.4 Å². The zero-order valence-corrected chi connectivity index (χ0v) is 11.0. The van der Waals surface area contributed by atoms with Crippen molar-refractivity contribution in [3.63, 3.8) is 0 Å². The van der Waals surface area contributed by atoms with E-state index in [4.69, 9.17) is 16.7 Å². The van der Waals surface area contributed by atoms with Gasteiger partial charge in [-0.25, -0.2) is 4.98 Å². The smallest absolute Gasteiger partial charge is 0.128 e. The van der Waals surface area contributed by atoms with E-state index in [2.05, 4.69) is 4.98 Å². The summed E-state index contributed by atoms with van der Waals surface area (Å²) < 4.78 is 0.797. The molecule has 0 aliphatic rings. The maximum atomic E-state index is 9.08. The molecule has 0 fully saturated rings. The van der Waals surface area contributed by atoms with Crippen LogP contribution in [-0.4, -0.2) is 17.1 Å². The highest BCUT2D eigenvalue weighted by Gasteiger charge is 2.06. The lowest BCUT2D eigenvalue weighted by Gasteiger charge is -2.17. The lowest BCUT2D eigenvalue weighted by atomic mass is 10.2. The summed E-state index contributed by atoms with van der Waals surface area (Å²) in [6.07, 6.45) is 1.71. The topological polar surface area (TPSA) is 36.4 Å². The molecule has 0 unspecified atom stereocenters. The zero-order chi connectivity index (χ0) is 12.3. The predicted molar refractivity (Wildman–Crippen MR) is 71.6 cm³/mol. The molecule has 0 saturated carbocycles. The first-order chi connectivity index (χ1) is 8.19. The van der Waals surface area contributed by atoms with E-state index < -0.39 is 0 Å². The number of aliphatic hydroxyl groups is 1. The summed E-state index contributed by atoms with van der Waals surface area (Å²) in [6.45, 7) is 0.799. The maximum Gasteiger partial charge on any atom is 0.128 e. The fourth-order valence-corrected chi connectivity index (χ4v) is 2.66. The highest BCUT2D eigenvalue weighted by atomic mass is 35.5. The molecule has 2 rings (SSSR count). The van der Waals surface area contributed by atoms with Crippen molar-refractivity contribution in [2.24, 2.45) is 0 Å². The zero-order valence-electron chi connectivity index (χ0n) is 9.43. The minimum absolute atomic E-state index is 0.0359. The molecule has 0 saturated heterocycles. The van der Waals surface area contributed by atoms with Gasteiger partial charge in [-0.3, -0.25) is 0 Å². The number of hydrogen-bond donors (Lipinski definition) is 1. The molecule has 0 radical (unpaired) electrons. The maximum absolute atomic E-state index is 9.08. The molecule has 1 N–H and O–H groups in total. The molecule has 0 aromatic carbocycles. The SMILES string of the molecule is CN(Cc1ccc(Cl)s1)c1cc(CO)ccn1. The molecule has 2 aromatic heterocycles. The van der Waals surface area contributed by atoms with Crippen LogP contribution in [0.25, 0.3) is 0 Å². The third kappa shape index (κ3) is 3.19. The minimum atomic E-state index is 0.0359. The highest BCUT2D eigenvalue weighted by molar-refractivity contribution is 7.16. The summed E-state index contributed by atoms with van der Waals surface area (Å²) in [4.78, 5) is 7.49. The van der Waals surface area contributed by atoms with Crippen LogP contribution >= 0.6 is 22.9 Å². The Bertz CT molecular complexity index is 501. The van der Waals surface area contributed by atoms with Crippen LogP contribution in [-0.2, 0) is 13.2 Å². The Morgan fingerprint density at radius 1 is 1.41 bits per heavy atom. The second-order valence-corrected chi connectivity index (χ2v) is 5.54. The van der Waals surface area contributed by atoms with Crippen LogP contribution in [0.5, 0.6) is 0 Å². The third-order valence-electron chi connectivity index (χ3n) is 2.41. The van der Waals surface area contributed by atoms with Crippen LogP contribution < -0.4 is 4.90 Å². The van der Waals surface area contributed by atoms with Crippen molar-refractivity contribution in [1.82, 2.24) is 4.98 Å². The first kappa shape index (κ1) is 12.4. The van der Waals surface area contributed by atoms with Gasteiger partial charge in [-0.05, 0) is 29.8 Å². The number of aromatic nitrogens is 1. The van der Waals surface area contributed by atoms with E-state index in [9.17, 15) is 0 Å². The molecule has 0 atom stereocenters. The monoisotopic (exact) mass is 268 g/mol. The van der Waals surface area contributed by atoms with Crippen LogP contribution in [0, 0.1) is 0 Å². The van der Waals surface area contributed by atoms with E-state index in [0.29, 0.717) is 0 Å². The summed E-state index contributed by atoms with van der Waals surface area (Å²) in [6, 6.07) is 7.60. The van der Waals surface area contributed by atoms with Crippen LogP contribution in [0.3, 0.4) is 0 Å². The number of hydrogen-bond acceptors (Lipinski definition) is 4. The van der Waals surface area contributed by atoms with Crippen LogP contribution in [0.2, 0.25) is 4.34 Å². The minimum Gasteiger partial charge on any atom is -0.392 e. The van der Waals surface area contributed by atoms with E-state index in [1.54, 1.807) is 23.6 Å². The van der Waals surface area contributed by atoms with Gasteiger partial charge in [0, 0.05) is 18.1 Å². The molecule has 2 heterocycles. The molecule has 0 aliphatic heterocycles. The Morgan fingerprint density at radius 2 is 2.24 bits per heavy atom. The van der Waals surface area contributed by atoms with Crippen molar-refractivity contribution in [2.45, 2.75) is 13.2 Å². The Labute approximate surface area is 109 Å². The third-order valence-corrected chi connectivity index (χ3v) is 3.62. The average molecular weight is 269 g/mol. The van der Waals surface area contributed by atoms with Gasteiger partial charge in [0.15, 0.2) is 0 Å². The van der Waals surface area contributed by atoms with Crippen molar-refractivity contribution in [3.8, 4) is 0 Å². The van der Waals surface area contributed by atoms with Gasteiger partial charge in [0.2, 0.25) is 0 Å². The molecule has 0 spiro atoms. The van der Waals surface area contributed by atoms with Gasteiger partial charge in [0.25, 0.3) is 0 Å². The van der Waals surface area contributed by atoms with Crippen molar-refractivity contribution in [3.05, 3.63) is 45.2 Å². The summed E-state index contributed by atoms with van der Waals surface area (Å²) in [5.74, 6) is 0.848. The molecule has 2 aromatic rings. The van der Waals surface area contributed by atoms with E-state index >= 15 is 0 Å². The summed E-state index contributed by atoms with van der Waals surface area (Å²) in [5.41, 5.74) is 0.867. The highest BCUT2D eigenvalue weighted by Crippen LogP contribution is 2.23. The van der Waals surface area contributed by atoms with E-state index in [0.717, 1.165) is 22.3 Å². The van der Waals surface area contributed by atoms with Gasteiger partial charge >= 0.3 is 0 Å². The Morgan fingerprint density at radius 3 is 2.88 bits per heavy atom. The summed E-state index contributed by atoms with van der Waals surface area (Å²) in [5, 5.41) is 9.08. The van der Waals surface area contributed by atoms with Crippen molar-refractivity contribution in [1.29, 1.82) is 0 Å². The first-order valence-electron chi connectivity index (χ1n) is 5.20. The van der Waals surface area contributed by atoms with E-state index in [-0.39, 0.29) is 6.61 Å². The quantitative estimate of drug-likeness (QED) is 0.926. The molecule has 0 aliphatic carbocycles. The van der Waals surface area contributed by atoms with E-state index in [1.165, 1.54) is 4.88 Å². The van der Waals surface area contributed by atoms with Gasteiger partial charge in [-0.15, -0.1) is 11.3 Å². The number of anilines is 1. The number of pyridine rings is 1. The van der Waals surface area contributed by atoms with Crippen LogP contribution in [0.4, 0.5) is 5.82 Å². The summed E-state index contributed by atoms with van der Waals surface area (Å²) >= 11 is 7.46. The number of nitrogens with zero attached hydrogens (tertiary/aromatic N) is 2. The van der Waals surface area contributed by atoms with Crippen LogP contribution in [0.15, 0.2) is 30.5 Å². The molecule has 0 amide bonds. The van der Waals surface area contributed by atoms with Crippen molar-refractivity contribution >= 4 is 28.8 Å². The normalized spacial score (nSPS) is 10.5. The average Bonchev–Trinajstić information content (AvgIpc) is 2.75. The molecule has 5 heteroatoms. The largest absolute Gasteiger partial charge is 0.392 e. The molecule has 0 bridgehead atoms. The number of halogens is 1. The molecule has 3 nitrogen and oxygen atoms in total. The molecular formula is C12H13ClN2OS. The Balaban J connectivity index is 2.11. The second-order valence-electron chi connectivity index (χ2n) is 3.74. The number of rotatable bonds is 4. The van der Waals surface area contributed by atoms with Gasteiger partial charge < -0.3 is 10.0 Å². The van der Waals surface area contributed by atoms with E-state index in [1.807, 2.05) is 30.1 Å². The van der Waals surface area contributed by atoms with Gasteiger partial charge in [-0.1, -0.05) is 11.6 Å². The molecule has 17 heavy (non-hydrogen) atoms. The lowest BCUT2D eigenvalue weighted by Crippen LogP contribution is -2.17. The molecule has 90 valence electrons. The Kier molecular flexibility index (Phi) is 3.99. The van der Waals surface area contributed by atoms with Gasteiger partial charge in [-0.2, -0.15) is 0 Å². The second kappa shape index (κ2) is 5.49. The van der Waals surface area contributed by atoms with Crippen molar-refractivity contribution < 1.29 is 5.11 Å². The van der Waals surface area contributed by atoms with Gasteiger partial charge in [0.1, 0.15) is 5.82 Å². The van der Waals surface area contributed by atoms with Gasteiger partial charge in [0.05, 0.1) is 17.5 Å². The first-order valence-corrected chi connectivity index (χ1v) is 6.39. The number of thiophene rings is 1. The standard InChI is InChI=1S/C12H13ClN2OS/c1-15(7-10-2-3-11(13)17-10)12-6-9(8-16)4-5-14-12/h2-6,16H,7-8H2,1H3. The lowest BCUT2D eigenvalue weighted by molar-refractivity contribution is 0.281. The molecular weight excluding hydrogens is 256 g/mol. The summed E-state index contributed by atoms with van der Waals surface area (Å²) in [7, 11) is 1.97. The predicted octanol–water partition coefficient (Wildman–Crippen LogP) is 2.93. The Hall–Kier alpha value is -1.10. The fraction of sp³-hybridized carbons (Fsp3) is 0.250. The van der Waals surface area contributed by atoms with Crippen molar-refractivity contribution in [2.75, 3.05) is 11.9 Å². The fourth-order valence-electron chi connectivity index (χ4n) is 1.52.